The van der Waals surface area contributed by atoms with Crippen molar-refractivity contribution in [1.82, 2.24) is 20.3 Å². The summed E-state index contributed by atoms with van der Waals surface area (Å²) in [5, 5.41) is 13.1. The molecule has 0 aromatic carbocycles. The Morgan fingerprint density at radius 1 is 1.11 bits per heavy atom. The van der Waals surface area contributed by atoms with E-state index in [1.165, 1.54) is 0 Å². The van der Waals surface area contributed by atoms with E-state index in [9.17, 15) is 5.11 Å². The molecule has 0 bridgehead atoms. The first-order chi connectivity index (χ1) is 9.05. The Labute approximate surface area is 112 Å². The van der Waals surface area contributed by atoms with Crippen LogP contribution >= 0.6 is 0 Å². The van der Waals surface area contributed by atoms with Crippen molar-refractivity contribution < 1.29 is 5.11 Å². The average Bonchev–Trinajstić information content (AvgIpc) is 2.39. The Morgan fingerprint density at radius 2 is 1.84 bits per heavy atom. The molecule has 0 saturated heterocycles. The average molecular weight is 258 g/mol. The van der Waals surface area contributed by atoms with Crippen LogP contribution in [0.5, 0.6) is 0 Å². The largest absolute Gasteiger partial charge is 0.386 e. The quantitative estimate of drug-likeness (QED) is 0.848. The molecule has 0 fully saturated rings. The molecule has 5 nitrogen and oxygen atoms in total. The van der Waals surface area contributed by atoms with Crippen LogP contribution in [-0.4, -0.2) is 20.1 Å². The Kier molecular flexibility index (Phi) is 4.19. The summed E-state index contributed by atoms with van der Waals surface area (Å²) in [6.07, 6.45) is 5.15. The molecule has 2 aromatic heterocycles. The molecule has 0 atom stereocenters. The van der Waals surface area contributed by atoms with Gasteiger partial charge in [-0.05, 0) is 26.0 Å². The highest BCUT2D eigenvalue weighted by molar-refractivity contribution is 5.19. The number of nitrogens with zero attached hydrogens (tertiary/aromatic N) is 3. The summed E-state index contributed by atoms with van der Waals surface area (Å²) in [7, 11) is 0. The SMILES string of the molecule is CC(C)(O)c1ccc(CNCc2ncccn2)nc1. The summed E-state index contributed by atoms with van der Waals surface area (Å²) in [6, 6.07) is 5.59. The van der Waals surface area contributed by atoms with Gasteiger partial charge in [-0.3, -0.25) is 4.98 Å². The summed E-state index contributed by atoms with van der Waals surface area (Å²) in [5.74, 6) is 0.760. The van der Waals surface area contributed by atoms with Gasteiger partial charge < -0.3 is 10.4 Å². The van der Waals surface area contributed by atoms with E-state index in [0.29, 0.717) is 13.1 Å². The maximum Gasteiger partial charge on any atom is 0.141 e. The van der Waals surface area contributed by atoms with Gasteiger partial charge in [-0.15, -0.1) is 0 Å². The fourth-order valence-electron chi connectivity index (χ4n) is 1.61. The van der Waals surface area contributed by atoms with Gasteiger partial charge in [-0.1, -0.05) is 6.07 Å². The van der Waals surface area contributed by atoms with Crippen molar-refractivity contribution in [2.75, 3.05) is 0 Å². The molecule has 0 saturated carbocycles. The van der Waals surface area contributed by atoms with Gasteiger partial charge in [0.25, 0.3) is 0 Å². The summed E-state index contributed by atoms with van der Waals surface area (Å²) >= 11 is 0. The Morgan fingerprint density at radius 3 is 2.42 bits per heavy atom. The van der Waals surface area contributed by atoms with Gasteiger partial charge in [-0.25, -0.2) is 9.97 Å². The van der Waals surface area contributed by atoms with Gasteiger partial charge in [0.2, 0.25) is 0 Å². The third kappa shape index (κ3) is 4.08. The highest BCUT2D eigenvalue weighted by atomic mass is 16.3. The molecule has 5 heteroatoms. The second-order valence-electron chi connectivity index (χ2n) is 4.87. The van der Waals surface area contributed by atoms with E-state index >= 15 is 0 Å². The van der Waals surface area contributed by atoms with Gasteiger partial charge >= 0.3 is 0 Å². The number of pyridine rings is 1. The summed E-state index contributed by atoms with van der Waals surface area (Å²) < 4.78 is 0. The molecule has 19 heavy (non-hydrogen) atoms. The van der Waals surface area contributed by atoms with Crippen LogP contribution < -0.4 is 5.32 Å². The van der Waals surface area contributed by atoms with Crippen LogP contribution in [0.4, 0.5) is 0 Å². The maximum absolute atomic E-state index is 9.83. The van der Waals surface area contributed by atoms with E-state index in [0.717, 1.165) is 17.1 Å². The van der Waals surface area contributed by atoms with Crippen molar-refractivity contribution in [3.63, 3.8) is 0 Å². The predicted molar refractivity (Wildman–Crippen MR) is 72.1 cm³/mol. The first kappa shape index (κ1) is 13.6. The first-order valence-electron chi connectivity index (χ1n) is 6.20. The van der Waals surface area contributed by atoms with Crippen molar-refractivity contribution in [2.24, 2.45) is 0 Å². The molecule has 2 heterocycles. The Hall–Kier alpha value is -1.85. The number of hydrogen-bond acceptors (Lipinski definition) is 5. The lowest BCUT2D eigenvalue weighted by Crippen LogP contribution is -2.18. The molecular weight excluding hydrogens is 240 g/mol. The van der Waals surface area contributed by atoms with E-state index in [2.05, 4.69) is 20.3 Å². The standard InChI is InChI=1S/C14H18N4O/c1-14(2,19)11-4-5-12(18-8-11)9-15-10-13-16-6-3-7-17-13/h3-8,15,19H,9-10H2,1-2H3. The Bertz CT molecular complexity index is 505. The fourth-order valence-corrected chi connectivity index (χ4v) is 1.61. The molecule has 0 aliphatic heterocycles. The van der Waals surface area contributed by atoms with Crippen molar-refractivity contribution in [2.45, 2.75) is 32.5 Å². The minimum Gasteiger partial charge on any atom is -0.386 e. The van der Waals surface area contributed by atoms with E-state index in [4.69, 9.17) is 0 Å². The molecule has 0 aliphatic rings. The number of nitrogens with one attached hydrogen (secondary N) is 1. The van der Waals surface area contributed by atoms with Gasteiger partial charge in [-0.2, -0.15) is 0 Å². The molecule has 0 spiro atoms. The smallest absolute Gasteiger partial charge is 0.141 e. The molecular formula is C14H18N4O. The first-order valence-corrected chi connectivity index (χ1v) is 6.20. The summed E-state index contributed by atoms with van der Waals surface area (Å²) in [5.41, 5.74) is 0.878. The molecule has 0 amide bonds. The maximum atomic E-state index is 9.83. The van der Waals surface area contributed by atoms with Crippen LogP contribution in [0.2, 0.25) is 0 Å². The predicted octanol–water partition coefficient (Wildman–Crippen LogP) is 1.39. The van der Waals surface area contributed by atoms with Gasteiger partial charge in [0.1, 0.15) is 5.82 Å². The molecule has 2 rings (SSSR count). The molecule has 2 aromatic rings. The number of rotatable bonds is 5. The van der Waals surface area contributed by atoms with Crippen LogP contribution in [-0.2, 0) is 18.7 Å². The molecule has 100 valence electrons. The van der Waals surface area contributed by atoms with Crippen LogP contribution in [0.25, 0.3) is 0 Å². The minimum absolute atomic E-state index is 0.607. The van der Waals surface area contributed by atoms with Gasteiger partial charge in [0.15, 0.2) is 0 Å². The van der Waals surface area contributed by atoms with Crippen LogP contribution in [0.1, 0.15) is 30.9 Å². The number of hydrogen-bond donors (Lipinski definition) is 2. The van der Waals surface area contributed by atoms with E-state index in [-0.39, 0.29) is 0 Å². The zero-order chi connectivity index (χ0) is 13.7. The van der Waals surface area contributed by atoms with Crippen molar-refractivity contribution in [1.29, 1.82) is 0 Å². The topological polar surface area (TPSA) is 70.9 Å². The minimum atomic E-state index is -0.850. The monoisotopic (exact) mass is 258 g/mol. The zero-order valence-corrected chi connectivity index (χ0v) is 11.2. The third-order valence-electron chi connectivity index (χ3n) is 2.74. The summed E-state index contributed by atoms with van der Waals surface area (Å²) in [6.45, 7) is 4.74. The van der Waals surface area contributed by atoms with Crippen molar-refractivity contribution in [3.8, 4) is 0 Å². The Balaban J connectivity index is 1.87. The van der Waals surface area contributed by atoms with Crippen molar-refractivity contribution >= 4 is 0 Å². The lowest BCUT2D eigenvalue weighted by atomic mass is 10.0. The zero-order valence-electron chi connectivity index (χ0n) is 11.2. The second-order valence-corrected chi connectivity index (χ2v) is 4.87. The second kappa shape index (κ2) is 5.86. The number of aliphatic hydroxyl groups is 1. The molecule has 0 unspecified atom stereocenters. The molecule has 0 radical (unpaired) electrons. The van der Waals surface area contributed by atoms with Crippen LogP contribution in [0.15, 0.2) is 36.8 Å². The van der Waals surface area contributed by atoms with E-state index < -0.39 is 5.60 Å². The lowest BCUT2D eigenvalue weighted by molar-refractivity contribution is 0.0782. The van der Waals surface area contributed by atoms with Gasteiger partial charge in [0.05, 0.1) is 17.8 Å². The highest BCUT2D eigenvalue weighted by Gasteiger charge is 2.15. The van der Waals surface area contributed by atoms with E-state index in [1.807, 2.05) is 12.1 Å². The van der Waals surface area contributed by atoms with Crippen LogP contribution in [0.3, 0.4) is 0 Å². The summed E-state index contributed by atoms with van der Waals surface area (Å²) in [4.78, 5) is 12.6. The third-order valence-corrected chi connectivity index (χ3v) is 2.74. The molecule has 0 aliphatic carbocycles. The van der Waals surface area contributed by atoms with E-state index in [1.54, 1.807) is 38.5 Å². The molecule has 2 N–H and O–H groups in total. The van der Waals surface area contributed by atoms with Crippen LogP contribution in [0, 0.1) is 0 Å². The lowest BCUT2D eigenvalue weighted by Gasteiger charge is -2.17. The highest BCUT2D eigenvalue weighted by Crippen LogP contribution is 2.18. The van der Waals surface area contributed by atoms with Gasteiger partial charge in [0, 0.05) is 30.7 Å². The normalized spacial score (nSPS) is 11.5. The number of aromatic nitrogens is 3. The van der Waals surface area contributed by atoms with Crippen molar-refractivity contribution in [3.05, 3.63) is 53.9 Å². The fraction of sp³-hybridized carbons (Fsp3) is 0.357.